The maximum Gasteiger partial charge on any atom is 0.220 e. The number of ether oxygens (including phenoxy) is 2. The summed E-state index contributed by atoms with van der Waals surface area (Å²) in [6.45, 7) is 2.02. The summed E-state index contributed by atoms with van der Waals surface area (Å²) in [6, 6.07) is 20.1. The van der Waals surface area contributed by atoms with E-state index in [0.29, 0.717) is 12.8 Å². The Morgan fingerprint density at radius 2 is 1.63 bits per heavy atom. The second-order valence-electron chi connectivity index (χ2n) is 6.58. The van der Waals surface area contributed by atoms with Crippen molar-refractivity contribution < 1.29 is 14.3 Å². The van der Waals surface area contributed by atoms with E-state index in [1.54, 1.807) is 14.2 Å². The van der Waals surface area contributed by atoms with Crippen molar-refractivity contribution in [1.29, 1.82) is 0 Å². The summed E-state index contributed by atoms with van der Waals surface area (Å²) in [6.07, 6.45) is 1.03. The molecule has 3 aromatic rings. The fourth-order valence-electron chi connectivity index (χ4n) is 3.29. The van der Waals surface area contributed by atoms with Crippen LogP contribution in [-0.2, 0) is 11.2 Å². The third-order valence-electron chi connectivity index (χ3n) is 4.72. The zero-order chi connectivity index (χ0) is 19.2. The Bertz CT molecular complexity index is 908. The van der Waals surface area contributed by atoms with Gasteiger partial charge in [0.1, 0.15) is 11.5 Å². The first-order valence-corrected chi connectivity index (χ1v) is 9.09. The van der Waals surface area contributed by atoms with Crippen LogP contribution in [0.1, 0.15) is 30.5 Å². The minimum Gasteiger partial charge on any atom is -0.497 e. The van der Waals surface area contributed by atoms with Gasteiger partial charge in [-0.05, 0) is 47.4 Å². The second-order valence-corrected chi connectivity index (χ2v) is 6.58. The number of amides is 1. The molecule has 0 aromatic heterocycles. The first kappa shape index (κ1) is 18.8. The molecule has 3 aromatic carbocycles. The number of hydrogen-bond acceptors (Lipinski definition) is 3. The number of hydrogen-bond donors (Lipinski definition) is 1. The van der Waals surface area contributed by atoms with Gasteiger partial charge in [0.15, 0.2) is 0 Å². The number of methoxy groups -OCH3 is 2. The maximum atomic E-state index is 12.5. The van der Waals surface area contributed by atoms with Gasteiger partial charge in [-0.2, -0.15) is 0 Å². The van der Waals surface area contributed by atoms with Crippen LogP contribution >= 0.6 is 0 Å². The van der Waals surface area contributed by atoms with Gasteiger partial charge in [0, 0.05) is 12.5 Å². The summed E-state index contributed by atoms with van der Waals surface area (Å²) in [4.78, 5) is 12.5. The average molecular weight is 363 g/mol. The van der Waals surface area contributed by atoms with Gasteiger partial charge in [-0.15, -0.1) is 0 Å². The molecular weight excluding hydrogens is 338 g/mol. The number of rotatable bonds is 7. The zero-order valence-electron chi connectivity index (χ0n) is 16.0. The number of aryl methyl sites for hydroxylation is 1. The summed E-state index contributed by atoms with van der Waals surface area (Å²) in [7, 11) is 3.24. The van der Waals surface area contributed by atoms with Gasteiger partial charge in [-0.3, -0.25) is 4.79 Å². The van der Waals surface area contributed by atoms with Crippen molar-refractivity contribution in [3.05, 3.63) is 71.8 Å². The normalized spacial score (nSPS) is 11.8. The number of nitrogens with one attached hydrogen (secondary N) is 1. The van der Waals surface area contributed by atoms with Crippen molar-refractivity contribution in [3.8, 4) is 11.5 Å². The lowest BCUT2D eigenvalue weighted by Gasteiger charge is -2.17. The van der Waals surface area contributed by atoms with E-state index in [9.17, 15) is 4.79 Å². The smallest absolute Gasteiger partial charge is 0.220 e. The molecule has 1 amide bonds. The molecule has 0 aliphatic carbocycles. The first-order chi connectivity index (χ1) is 13.1. The lowest BCUT2D eigenvalue weighted by Crippen LogP contribution is -2.27. The van der Waals surface area contributed by atoms with Gasteiger partial charge in [-0.1, -0.05) is 42.5 Å². The molecule has 0 aliphatic heterocycles. The van der Waals surface area contributed by atoms with Gasteiger partial charge < -0.3 is 14.8 Å². The topological polar surface area (TPSA) is 47.6 Å². The molecule has 3 rings (SSSR count). The average Bonchev–Trinajstić information content (AvgIpc) is 2.71. The molecule has 4 nitrogen and oxygen atoms in total. The van der Waals surface area contributed by atoms with E-state index >= 15 is 0 Å². The van der Waals surface area contributed by atoms with Crippen molar-refractivity contribution in [1.82, 2.24) is 5.32 Å². The van der Waals surface area contributed by atoms with Crippen LogP contribution in [0.4, 0.5) is 0 Å². The van der Waals surface area contributed by atoms with E-state index < -0.39 is 0 Å². The standard InChI is InChI=1S/C23H25NO3/c1-16(21-10-6-8-18-7-4-5-9-22(18)21)24-23(25)12-11-17-13-19(26-2)15-20(14-17)27-3/h4-10,13-16H,11-12H2,1-3H3,(H,24,25)/t16-/m0/s1. The molecule has 1 atom stereocenters. The Labute approximate surface area is 160 Å². The molecule has 0 heterocycles. The molecule has 27 heavy (non-hydrogen) atoms. The number of carbonyl (C=O) groups excluding carboxylic acids is 1. The van der Waals surface area contributed by atoms with Crippen molar-refractivity contribution >= 4 is 16.7 Å². The van der Waals surface area contributed by atoms with Gasteiger partial charge in [0.2, 0.25) is 5.91 Å². The van der Waals surface area contributed by atoms with E-state index in [2.05, 4.69) is 29.6 Å². The van der Waals surface area contributed by atoms with E-state index in [1.165, 1.54) is 10.8 Å². The fraction of sp³-hybridized carbons (Fsp3) is 0.261. The highest BCUT2D eigenvalue weighted by atomic mass is 16.5. The third kappa shape index (κ3) is 4.59. The van der Waals surface area contributed by atoms with Gasteiger partial charge in [0.25, 0.3) is 0 Å². The highest BCUT2D eigenvalue weighted by Gasteiger charge is 2.13. The lowest BCUT2D eigenvalue weighted by molar-refractivity contribution is -0.121. The van der Waals surface area contributed by atoms with Gasteiger partial charge >= 0.3 is 0 Å². The van der Waals surface area contributed by atoms with Crippen LogP contribution in [0.2, 0.25) is 0 Å². The van der Waals surface area contributed by atoms with E-state index in [0.717, 1.165) is 22.6 Å². The third-order valence-corrected chi connectivity index (χ3v) is 4.72. The number of benzene rings is 3. The van der Waals surface area contributed by atoms with E-state index in [4.69, 9.17) is 9.47 Å². The van der Waals surface area contributed by atoms with Crippen molar-refractivity contribution in [2.75, 3.05) is 14.2 Å². The number of fused-ring (bicyclic) bond motifs is 1. The lowest BCUT2D eigenvalue weighted by atomic mass is 9.99. The Morgan fingerprint density at radius 3 is 2.33 bits per heavy atom. The molecule has 140 valence electrons. The van der Waals surface area contributed by atoms with Gasteiger partial charge in [0.05, 0.1) is 20.3 Å². The molecular formula is C23H25NO3. The molecule has 0 saturated carbocycles. The highest BCUT2D eigenvalue weighted by molar-refractivity contribution is 5.86. The van der Waals surface area contributed by atoms with Crippen molar-refractivity contribution in [3.63, 3.8) is 0 Å². The quantitative estimate of drug-likeness (QED) is 0.664. The van der Waals surface area contributed by atoms with Crippen molar-refractivity contribution in [2.45, 2.75) is 25.8 Å². The summed E-state index contributed by atoms with van der Waals surface area (Å²) in [5.41, 5.74) is 2.14. The zero-order valence-corrected chi connectivity index (χ0v) is 16.0. The minimum atomic E-state index is -0.0524. The molecule has 4 heteroatoms. The molecule has 0 saturated heterocycles. The molecule has 0 fully saturated rings. The Balaban J connectivity index is 1.65. The fourth-order valence-corrected chi connectivity index (χ4v) is 3.29. The Morgan fingerprint density at radius 1 is 0.963 bits per heavy atom. The van der Waals surface area contributed by atoms with Crippen LogP contribution in [0, 0.1) is 0 Å². The predicted molar refractivity (Wildman–Crippen MR) is 108 cm³/mol. The number of carbonyl (C=O) groups is 1. The van der Waals surface area contributed by atoms with Crippen LogP contribution in [0.15, 0.2) is 60.7 Å². The second kappa shape index (κ2) is 8.58. The molecule has 0 bridgehead atoms. The molecule has 0 unspecified atom stereocenters. The maximum absolute atomic E-state index is 12.5. The van der Waals surface area contributed by atoms with Crippen LogP contribution in [0.5, 0.6) is 11.5 Å². The van der Waals surface area contributed by atoms with E-state index in [-0.39, 0.29) is 11.9 Å². The van der Waals surface area contributed by atoms with Crippen molar-refractivity contribution in [2.24, 2.45) is 0 Å². The van der Waals surface area contributed by atoms with Crippen LogP contribution in [0.25, 0.3) is 10.8 Å². The minimum absolute atomic E-state index is 0.0252. The SMILES string of the molecule is COc1cc(CCC(=O)N[C@@H](C)c2cccc3ccccc23)cc(OC)c1. The monoisotopic (exact) mass is 363 g/mol. The highest BCUT2D eigenvalue weighted by Crippen LogP contribution is 2.25. The molecule has 0 aliphatic rings. The molecule has 0 spiro atoms. The van der Waals surface area contributed by atoms with E-state index in [1.807, 2.05) is 43.3 Å². The summed E-state index contributed by atoms with van der Waals surface area (Å²) < 4.78 is 10.6. The van der Waals surface area contributed by atoms with Crippen LogP contribution in [0.3, 0.4) is 0 Å². The predicted octanol–water partition coefficient (Wildman–Crippen LogP) is 4.67. The Hall–Kier alpha value is -3.01. The van der Waals surface area contributed by atoms with Crippen LogP contribution < -0.4 is 14.8 Å². The summed E-state index contributed by atoms with van der Waals surface area (Å²) in [5.74, 6) is 1.49. The summed E-state index contributed by atoms with van der Waals surface area (Å²) in [5, 5.41) is 5.47. The largest absolute Gasteiger partial charge is 0.497 e. The molecule has 0 radical (unpaired) electrons. The summed E-state index contributed by atoms with van der Waals surface area (Å²) >= 11 is 0. The first-order valence-electron chi connectivity index (χ1n) is 9.09. The van der Waals surface area contributed by atoms with Gasteiger partial charge in [-0.25, -0.2) is 0 Å². The Kier molecular flexibility index (Phi) is 5.97. The molecule has 1 N–H and O–H groups in total. The van der Waals surface area contributed by atoms with Crippen LogP contribution in [-0.4, -0.2) is 20.1 Å².